The Bertz CT molecular complexity index is 420. The highest BCUT2D eigenvalue weighted by molar-refractivity contribution is 5.50. The summed E-state index contributed by atoms with van der Waals surface area (Å²) in [5, 5.41) is 9.60. The maximum atomic E-state index is 9.60. The molecule has 3 nitrogen and oxygen atoms in total. The van der Waals surface area contributed by atoms with Crippen molar-refractivity contribution in [1.82, 2.24) is 0 Å². The van der Waals surface area contributed by atoms with Gasteiger partial charge in [-0.15, -0.1) is 0 Å². The van der Waals surface area contributed by atoms with Crippen molar-refractivity contribution in [1.29, 1.82) is 0 Å². The SMILES string of the molecule is COc1cccc(C(C)(C)CO)c1OC1CCCC1. The molecular formula is C16H24O3. The summed E-state index contributed by atoms with van der Waals surface area (Å²) in [5.41, 5.74) is 0.684. The number of aliphatic hydroxyl groups is 1. The van der Waals surface area contributed by atoms with Crippen molar-refractivity contribution in [3.8, 4) is 11.5 Å². The molecule has 0 atom stereocenters. The molecule has 1 fully saturated rings. The number of para-hydroxylation sites is 1. The zero-order valence-corrected chi connectivity index (χ0v) is 12.1. The van der Waals surface area contributed by atoms with Crippen molar-refractivity contribution < 1.29 is 14.6 Å². The van der Waals surface area contributed by atoms with Crippen LogP contribution in [0.25, 0.3) is 0 Å². The lowest BCUT2D eigenvalue weighted by atomic mass is 9.84. The summed E-state index contributed by atoms with van der Waals surface area (Å²) in [5.74, 6) is 1.56. The third-order valence-electron chi connectivity index (χ3n) is 3.91. The highest BCUT2D eigenvalue weighted by atomic mass is 16.5. The Morgan fingerprint density at radius 1 is 1.26 bits per heavy atom. The van der Waals surface area contributed by atoms with E-state index in [4.69, 9.17) is 9.47 Å². The molecule has 1 aromatic carbocycles. The summed E-state index contributed by atoms with van der Waals surface area (Å²) in [6.45, 7) is 4.12. The van der Waals surface area contributed by atoms with E-state index in [2.05, 4.69) is 0 Å². The third-order valence-corrected chi connectivity index (χ3v) is 3.91. The van der Waals surface area contributed by atoms with E-state index in [1.807, 2.05) is 32.0 Å². The van der Waals surface area contributed by atoms with E-state index in [1.165, 1.54) is 12.8 Å². The van der Waals surface area contributed by atoms with Crippen LogP contribution in [0.5, 0.6) is 11.5 Å². The zero-order chi connectivity index (χ0) is 13.9. The number of benzene rings is 1. The molecule has 0 spiro atoms. The fourth-order valence-electron chi connectivity index (χ4n) is 2.59. The van der Waals surface area contributed by atoms with Crippen molar-refractivity contribution in [2.24, 2.45) is 0 Å². The van der Waals surface area contributed by atoms with Gasteiger partial charge in [-0.25, -0.2) is 0 Å². The van der Waals surface area contributed by atoms with E-state index < -0.39 is 0 Å². The molecule has 0 saturated heterocycles. The highest BCUT2D eigenvalue weighted by Crippen LogP contribution is 2.40. The van der Waals surface area contributed by atoms with Crippen LogP contribution in [0.3, 0.4) is 0 Å². The smallest absolute Gasteiger partial charge is 0.165 e. The predicted molar refractivity (Wildman–Crippen MR) is 76.0 cm³/mol. The van der Waals surface area contributed by atoms with Gasteiger partial charge in [0.1, 0.15) is 0 Å². The summed E-state index contributed by atoms with van der Waals surface area (Å²) >= 11 is 0. The average molecular weight is 264 g/mol. The Labute approximate surface area is 115 Å². The first-order valence-electron chi connectivity index (χ1n) is 7.03. The molecule has 0 aliphatic heterocycles. The molecule has 0 heterocycles. The maximum Gasteiger partial charge on any atom is 0.165 e. The predicted octanol–water partition coefficient (Wildman–Crippen LogP) is 3.29. The number of rotatable bonds is 5. The second kappa shape index (κ2) is 5.83. The number of methoxy groups -OCH3 is 1. The van der Waals surface area contributed by atoms with E-state index in [1.54, 1.807) is 7.11 Å². The van der Waals surface area contributed by atoms with Crippen LogP contribution in [-0.4, -0.2) is 24.9 Å². The van der Waals surface area contributed by atoms with Crippen LogP contribution < -0.4 is 9.47 Å². The lowest BCUT2D eigenvalue weighted by Gasteiger charge is -2.27. The van der Waals surface area contributed by atoms with Crippen molar-refractivity contribution in [2.45, 2.75) is 51.0 Å². The minimum Gasteiger partial charge on any atom is -0.493 e. The Hall–Kier alpha value is -1.22. The normalized spacial score (nSPS) is 16.6. The number of ether oxygens (including phenoxy) is 2. The van der Waals surface area contributed by atoms with E-state index in [0.29, 0.717) is 0 Å². The first-order valence-corrected chi connectivity index (χ1v) is 7.03. The van der Waals surface area contributed by atoms with Crippen molar-refractivity contribution in [3.63, 3.8) is 0 Å². The van der Waals surface area contributed by atoms with Crippen molar-refractivity contribution in [3.05, 3.63) is 23.8 Å². The Morgan fingerprint density at radius 2 is 1.95 bits per heavy atom. The molecule has 0 amide bonds. The summed E-state index contributed by atoms with van der Waals surface area (Å²) in [6.07, 6.45) is 4.97. The van der Waals surface area contributed by atoms with Crippen LogP contribution in [-0.2, 0) is 5.41 Å². The van der Waals surface area contributed by atoms with Crippen molar-refractivity contribution in [2.75, 3.05) is 13.7 Å². The van der Waals surface area contributed by atoms with Crippen LogP contribution in [0.15, 0.2) is 18.2 Å². The molecule has 1 aliphatic rings. The van der Waals surface area contributed by atoms with Gasteiger partial charge in [0.05, 0.1) is 19.8 Å². The van der Waals surface area contributed by atoms with Gasteiger partial charge >= 0.3 is 0 Å². The van der Waals surface area contributed by atoms with Gasteiger partial charge in [-0.1, -0.05) is 26.0 Å². The summed E-state index contributed by atoms with van der Waals surface area (Å²) < 4.78 is 11.6. The second-order valence-electron chi connectivity index (χ2n) is 5.90. The van der Waals surface area contributed by atoms with E-state index in [-0.39, 0.29) is 18.1 Å². The number of hydrogen-bond acceptors (Lipinski definition) is 3. The maximum absolute atomic E-state index is 9.60. The Balaban J connectivity index is 2.36. The quantitative estimate of drug-likeness (QED) is 0.887. The van der Waals surface area contributed by atoms with Gasteiger partial charge in [-0.3, -0.25) is 0 Å². The van der Waals surface area contributed by atoms with E-state index >= 15 is 0 Å². The average Bonchev–Trinajstić information content (AvgIpc) is 2.91. The first-order chi connectivity index (χ1) is 9.08. The van der Waals surface area contributed by atoms with Gasteiger partial charge in [0.25, 0.3) is 0 Å². The molecule has 0 bridgehead atoms. The fourth-order valence-corrected chi connectivity index (χ4v) is 2.59. The molecule has 1 N–H and O–H groups in total. The standard InChI is InChI=1S/C16H24O3/c1-16(2,11-17)13-9-6-10-14(18-3)15(13)19-12-7-4-5-8-12/h6,9-10,12,17H,4-5,7-8,11H2,1-3H3. The van der Waals surface area contributed by atoms with Gasteiger partial charge in [0, 0.05) is 11.0 Å². The molecule has 1 saturated carbocycles. The molecule has 106 valence electrons. The number of hydrogen-bond donors (Lipinski definition) is 1. The lowest BCUT2D eigenvalue weighted by molar-refractivity contribution is 0.182. The first kappa shape index (κ1) is 14.2. The third kappa shape index (κ3) is 3.03. The van der Waals surface area contributed by atoms with Gasteiger partial charge in [0.15, 0.2) is 11.5 Å². The molecule has 1 aromatic rings. The van der Waals surface area contributed by atoms with Crippen LogP contribution in [0.1, 0.15) is 45.1 Å². The zero-order valence-electron chi connectivity index (χ0n) is 12.1. The van der Waals surface area contributed by atoms with Crippen LogP contribution >= 0.6 is 0 Å². The lowest BCUT2D eigenvalue weighted by Crippen LogP contribution is -2.24. The monoisotopic (exact) mass is 264 g/mol. The molecule has 1 aliphatic carbocycles. The van der Waals surface area contributed by atoms with Crippen LogP contribution in [0.4, 0.5) is 0 Å². The molecular weight excluding hydrogens is 240 g/mol. The van der Waals surface area contributed by atoms with Crippen molar-refractivity contribution >= 4 is 0 Å². The van der Waals surface area contributed by atoms with Crippen LogP contribution in [0, 0.1) is 0 Å². The minimum absolute atomic E-state index is 0.0845. The molecule has 2 rings (SSSR count). The molecule has 0 radical (unpaired) electrons. The second-order valence-corrected chi connectivity index (χ2v) is 5.90. The number of aliphatic hydroxyl groups excluding tert-OH is 1. The summed E-state index contributed by atoms with van der Waals surface area (Å²) in [6, 6.07) is 5.89. The van der Waals surface area contributed by atoms with Crippen LogP contribution in [0.2, 0.25) is 0 Å². The topological polar surface area (TPSA) is 38.7 Å². The Morgan fingerprint density at radius 3 is 2.53 bits per heavy atom. The summed E-state index contributed by atoms with van der Waals surface area (Å²) in [4.78, 5) is 0. The van der Waals surface area contributed by atoms with Gasteiger partial charge < -0.3 is 14.6 Å². The fraction of sp³-hybridized carbons (Fsp3) is 0.625. The van der Waals surface area contributed by atoms with Gasteiger partial charge in [-0.05, 0) is 31.7 Å². The van der Waals surface area contributed by atoms with Gasteiger partial charge in [0.2, 0.25) is 0 Å². The summed E-state index contributed by atoms with van der Waals surface area (Å²) in [7, 11) is 1.66. The van der Waals surface area contributed by atoms with Gasteiger partial charge in [-0.2, -0.15) is 0 Å². The van der Waals surface area contributed by atoms with E-state index in [0.717, 1.165) is 29.9 Å². The molecule has 19 heavy (non-hydrogen) atoms. The largest absolute Gasteiger partial charge is 0.493 e. The molecule has 3 heteroatoms. The molecule has 0 unspecified atom stereocenters. The Kier molecular flexibility index (Phi) is 4.35. The molecule has 0 aromatic heterocycles. The van der Waals surface area contributed by atoms with E-state index in [9.17, 15) is 5.11 Å². The minimum atomic E-state index is -0.331. The highest BCUT2D eigenvalue weighted by Gasteiger charge is 2.28.